The van der Waals surface area contributed by atoms with Crippen LogP contribution >= 0.6 is 0 Å². The number of piperidine rings is 1. The van der Waals surface area contributed by atoms with Crippen molar-refractivity contribution >= 4 is 5.91 Å². The molecule has 1 heterocycles. The fraction of sp³-hybridized carbons (Fsp3) is 0.533. The molecule has 0 saturated carbocycles. The number of nitrogens with zero attached hydrogens (tertiary/aromatic N) is 1. The van der Waals surface area contributed by atoms with E-state index < -0.39 is 0 Å². The van der Waals surface area contributed by atoms with Gasteiger partial charge in [0.1, 0.15) is 5.75 Å². The number of rotatable bonds is 6. The van der Waals surface area contributed by atoms with Gasteiger partial charge in [-0.3, -0.25) is 4.79 Å². The first-order valence-corrected chi connectivity index (χ1v) is 7.07. The van der Waals surface area contributed by atoms with Crippen LogP contribution < -0.4 is 10.6 Å². The molecule has 2 N–H and O–H groups in total. The van der Waals surface area contributed by atoms with E-state index in [-0.39, 0.29) is 5.91 Å². The molecule has 20 heavy (non-hydrogen) atoms. The third-order valence-electron chi connectivity index (χ3n) is 3.63. The van der Waals surface area contributed by atoms with Crippen molar-refractivity contribution in [2.24, 2.45) is 11.8 Å². The quantitative estimate of drug-likeness (QED) is 0.802. The second-order valence-electron chi connectivity index (χ2n) is 5.07. The Morgan fingerprint density at radius 2 is 1.95 bits per heavy atom. The number of hydrogen-bond acceptors (Lipinski definition) is 4. The number of ether oxygens (including phenoxy) is 1. The van der Waals surface area contributed by atoms with Crippen molar-refractivity contribution in [1.82, 2.24) is 4.90 Å². The van der Waals surface area contributed by atoms with Gasteiger partial charge in [-0.25, -0.2) is 5.90 Å². The SMILES string of the molecule is NOCC1CCN(C(=O)CCOc2ccccc2)CC1. The number of carbonyl (C=O) groups excluding carboxylic acids is 1. The van der Waals surface area contributed by atoms with E-state index in [0.29, 0.717) is 25.6 Å². The average Bonchev–Trinajstić information content (AvgIpc) is 2.49. The van der Waals surface area contributed by atoms with Crippen molar-refractivity contribution in [3.8, 4) is 5.75 Å². The van der Waals surface area contributed by atoms with E-state index in [2.05, 4.69) is 4.84 Å². The summed E-state index contributed by atoms with van der Waals surface area (Å²) in [5.41, 5.74) is 0. The Hall–Kier alpha value is -1.59. The van der Waals surface area contributed by atoms with Crippen molar-refractivity contribution in [3.63, 3.8) is 0 Å². The van der Waals surface area contributed by atoms with Crippen LogP contribution in [0.5, 0.6) is 5.75 Å². The van der Waals surface area contributed by atoms with E-state index in [9.17, 15) is 4.79 Å². The standard InChI is InChI=1S/C15H22N2O3/c16-20-12-13-6-9-17(10-7-13)15(18)8-11-19-14-4-2-1-3-5-14/h1-5,13H,6-12,16H2. The summed E-state index contributed by atoms with van der Waals surface area (Å²) in [6.07, 6.45) is 2.35. The van der Waals surface area contributed by atoms with Crippen LogP contribution in [0, 0.1) is 5.92 Å². The third-order valence-corrected chi connectivity index (χ3v) is 3.63. The van der Waals surface area contributed by atoms with Crippen LogP contribution in [0.25, 0.3) is 0 Å². The topological polar surface area (TPSA) is 64.8 Å². The summed E-state index contributed by atoms with van der Waals surface area (Å²) in [6.45, 7) is 2.59. The van der Waals surface area contributed by atoms with E-state index in [1.807, 2.05) is 35.2 Å². The van der Waals surface area contributed by atoms with Gasteiger partial charge in [0.25, 0.3) is 0 Å². The van der Waals surface area contributed by atoms with Gasteiger partial charge in [-0.05, 0) is 30.9 Å². The van der Waals surface area contributed by atoms with Crippen LogP contribution in [0.2, 0.25) is 0 Å². The number of para-hydroxylation sites is 1. The Kier molecular flexibility index (Phi) is 5.83. The lowest BCUT2D eigenvalue weighted by molar-refractivity contribution is -0.133. The zero-order chi connectivity index (χ0) is 14.2. The molecule has 0 atom stereocenters. The number of nitrogens with two attached hydrogens (primary N) is 1. The zero-order valence-corrected chi connectivity index (χ0v) is 11.7. The second-order valence-corrected chi connectivity index (χ2v) is 5.07. The summed E-state index contributed by atoms with van der Waals surface area (Å²) in [4.78, 5) is 18.6. The summed E-state index contributed by atoms with van der Waals surface area (Å²) in [5, 5.41) is 0. The van der Waals surface area contributed by atoms with Gasteiger partial charge >= 0.3 is 0 Å². The van der Waals surface area contributed by atoms with Crippen molar-refractivity contribution in [2.75, 3.05) is 26.3 Å². The summed E-state index contributed by atoms with van der Waals surface area (Å²) in [7, 11) is 0. The highest BCUT2D eigenvalue weighted by atomic mass is 16.6. The van der Waals surface area contributed by atoms with Gasteiger partial charge in [0.05, 0.1) is 19.6 Å². The Morgan fingerprint density at radius 3 is 2.60 bits per heavy atom. The van der Waals surface area contributed by atoms with E-state index in [4.69, 9.17) is 10.6 Å². The monoisotopic (exact) mass is 278 g/mol. The molecule has 1 amide bonds. The van der Waals surface area contributed by atoms with Crippen molar-refractivity contribution in [2.45, 2.75) is 19.3 Å². The number of hydrogen-bond donors (Lipinski definition) is 1. The molecule has 110 valence electrons. The van der Waals surface area contributed by atoms with Gasteiger partial charge in [-0.2, -0.15) is 0 Å². The van der Waals surface area contributed by atoms with E-state index in [1.54, 1.807) is 0 Å². The smallest absolute Gasteiger partial charge is 0.225 e. The lowest BCUT2D eigenvalue weighted by Crippen LogP contribution is -2.40. The minimum absolute atomic E-state index is 0.160. The maximum absolute atomic E-state index is 12.0. The highest BCUT2D eigenvalue weighted by Gasteiger charge is 2.22. The van der Waals surface area contributed by atoms with Gasteiger partial charge in [0.2, 0.25) is 5.91 Å². The minimum atomic E-state index is 0.160. The molecular weight excluding hydrogens is 256 g/mol. The van der Waals surface area contributed by atoms with Gasteiger partial charge in [-0.1, -0.05) is 18.2 Å². The van der Waals surface area contributed by atoms with Gasteiger partial charge in [0, 0.05) is 13.1 Å². The van der Waals surface area contributed by atoms with Crippen LogP contribution in [-0.2, 0) is 9.63 Å². The molecule has 0 spiro atoms. The number of amides is 1. The maximum atomic E-state index is 12.0. The van der Waals surface area contributed by atoms with Gasteiger partial charge in [0.15, 0.2) is 0 Å². The highest BCUT2D eigenvalue weighted by molar-refractivity contribution is 5.76. The van der Waals surface area contributed by atoms with Crippen molar-refractivity contribution in [1.29, 1.82) is 0 Å². The Morgan fingerprint density at radius 1 is 1.25 bits per heavy atom. The van der Waals surface area contributed by atoms with Crippen molar-refractivity contribution in [3.05, 3.63) is 30.3 Å². The van der Waals surface area contributed by atoms with E-state index >= 15 is 0 Å². The normalized spacial score (nSPS) is 16.1. The van der Waals surface area contributed by atoms with Crippen LogP contribution in [-0.4, -0.2) is 37.1 Å². The lowest BCUT2D eigenvalue weighted by atomic mass is 9.98. The van der Waals surface area contributed by atoms with E-state index in [1.165, 1.54) is 0 Å². The first-order chi connectivity index (χ1) is 9.79. The maximum Gasteiger partial charge on any atom is 0.225 e. The fourth-order valence-electron chi connectivity index (χ4n) is 2.42. The second kappa shape index (κ2) is 7.87. The Bertz CT molecular complexity index is 403. The molecule has 1 aromatic rings. The molecule has 1 aliphatic rings. The first-order valence-electron chi connectivity index (χ1n) is 7.07. The van der Waals surface area contributed by atoms with E-state index in [0.717, 1.165) is 31.7 Å². The number of likely N-dealkylation sites (tertiary alicyclic amines) is 1. The Labute approximate surface area is 119 Å². The van der Waals surface area contributed by atoms with Gasteiger partial charge < -0.3 is 14.5 Å². The lowest BCUT2D eigenvalue weighted by Gasteiger charge is -2.31. The summed E-state index contributed by atoms with van der Waals surface area (Å²) in [6, 6.07) is 9.56. The predicted octanol–water partition coefficient (Wildman–Crippen LogP) is 1.58. The molecule has 1 fully saturated rings. The Balaban J connectivity index is 1.66. The third kappa shape index (κ3) is 4.51. The average molecular weight is 278 g/mol. The minimum Gasteiger partial charge on any atom is -0.493 e. The number of benzene rings is 1. The van der Waals surface area contributed by atoms with Gasteiger partial charge in [-0.15, -0.1) is 0 Å². The van der Waals surface area contributed by atoms with Crippen LogP contribution in [0.15, 0.2) is 30.3 Å². The molecule has 0 radical (unpaired) electrons. The molecule has 0 unspecified atom stereocenters. The zero-order valence-electron chi connectivity index (χ0n) is 11.7. The van der Waals surface area contributed by atoms with Crippen LogP contribution in [0.3, 0.4) is 0 Å². The summed E-state index contributed by atoms with van der Waals surface area (Å²) >= 11 is 0. The molecule has 0 bridgehead atoms. The van der Waals surface area contributed by atoms with Crippen LogP contribution in [0.1, 0.15) is 19.3 Å². The molecule has 0 aliphatic carbocycles. The highest BCUT2D eigenvalue weighted by Crippen LogP contribution is 2.17. The van der Waals surface area contributed by atoms with Crippen molar-refractivity contribution < 1.29 is 14.4 Å². The molecule has 5 nitrogen and oxygen atoms in total. The predicted molar refractivity (Wildman–Crippen MR) is 76.0 cm³/mol. The molecule has 5 heteroatoms. The largest absolute Gasteiger partial charge is 0.493 e. The molecular formula is C15H22N2O3. The summed E-state index contributed by atoms with van der Waals surface area (Å²) in [5.74, 6) is 6.52. The van der Waals surface area contributed by atoms with Crippen LogP contribution in [0.4, 0.5) is 0 Å². The molecule has 2 rings (SSSR count). The molecule has 1 saturated heterocycles. The number of carbonyl (C=O) groups is 1. The molecule has 1 aromatic carbocycles. The molecule has 0 aromatic heterocycles. The fourth-order valence-corrected chi connectivity index (χ4v) is 2.42. The molecule has 1 aliphatic heterocycles. The first kappa shape index (κ1) is 14.8. The summed E-state index contributed by atoms with van der Waals surface area (Å²) < 4.78 is 5.54.